The summed E-state index contributed by atoms with van der Waals surface area (Å²) >= 11 is 0. The first kappa shape index (κ1) is 26.7. The van der Waals surface area contributed by atoms with E-state index in [1.807, 2.05) is 0 Å². The van der Waals surface area contributed by atoms with E-state index in [0.29, 0.717) is 38.1 Å². The highest BCUT2D eigenvalue weighted by Gasteiger charge is 2.48. The highest BCUT2D eigenvalue weighted by molar-refractivity contribution is 6.03. The van der Waals surface area contributed by atoms with Gasteiger partial charge in [0.1, 0.15) is 12.2 Å². The van der Waals surface area contributed by atoms with Crippen molar-refractivity contribution in [3.63, 3.8) is 0 Å². The van der Waals surface area contributed by atoms with Crippen molar-refractivity contribution in [2.75, 3.05) is 50.7 Å². The van der Waals surface area contributed by atoms with Crippen LogP contribution < -0.4 is 15.0 Å². The van der Waals surface area contributed by atoms with Gasteiger partial charge in [-0.1, -0.05) is 0 Å². The Morgan fingerprint density at radius 2 is 1.74 bits per heavy atom. The second-order valence-corrected chi connectivity index (χ2v) is 10.5. The highest BCUT2D eigenvalue weighted by atomic mass is 19.4. The minimum absolute atomic E-state index is 0. The van der Waals surface area contributed by atoms with Crippen molar-refractivity contribution in [2.45, 2.75) is 38.0 Å². The number of amides is 1. The van der Waals surface area contributed by atoms with E-state index >= 15 is 0 Å². The van der Waals surface area contributed by atoms with Crippen LogP contribution in [-0.4, -0.2) is 63.7 Å². The molecule has 0 bridgehead atoms. The molecule has 38 heavy (non-hydrogen) atoms. The minimum Gasteiger partial charge on any atom is -0.484 e. The number of rotatable bonds is 10. The number of nitrogens with zero attached hydrogens (tertiary/aromatic N) is 2. The van der Waals surface area contributed by atoms with Gasteiger partial charge in [-0.05, 0) is 31.1 Å². The van der Waals surface area contributed by atoms with E-state index < -0.39 is 52.8 Å². The van der Waals surface area contributed by atoms with Crippen LogP contribution in [0, 0.1) is 28.9 Å². The van der Waals surface area contributed by atoms with Crippen molar-refractivity contribution in [3.8, 4) is 5.75 Å². The Bertz CT molecular complexity index is 1160. The van der Waals surface area contributed by atoms with Crippen LogP contribution in [0.2, 0.25) is 0 Å². The Balaban J connectivity index is 0.00000353. The zero-order chi connectivity index (χ0) is 27.2. The highest BCUT2D eigenvalue weighted by Crippen LogP contribution is 2.52. The molecule has 1 aliphatic heterocycles. The molecule has 1 aromatic carbocycles. The van der Waals surface area contributed by atoms with Crippen molar-refractivity contribution in [1.82, 2.24) is 4.98 Å². The molecule has 0 radical (unpaired) electrons. The number of anilines is 2. The maximum absolute atomic E-state index is 14.7. The number of alkyl halides is 3. The quantitative estimate of drug-likeness (QED) is 0.427. The lowest BCUT2D eigenvalue weighted by molar-refractivity contribution is -0.130. The Morgan fingerprint density at radius 1 is 1.13 bits per heavy atom. The number of halogens is 5. The molecule has 8 nitrogen and oxygen atoms in total. The number of hydrogen-bond donors (Lipinski definition) is 1. The minimum atomic E-state index is -4.69. The number of fused-ring (bicyclic) bond motifs is 1. The van der Waals surface area contributed by atoms with Crippen LogP contribution in [0.1, 0.15) is 36.9 Å². The Morgan fingerprint density at radius 3 is 2.29 bits per heavy atom. The molecule has 1 saturated heterocycles. The molecule has 3 fully saturated rings. The van der Waals surface area contributed by atoms with E-state index in [9.17, 15) is 26.7 Å². The van der Waals surface area contributed by atoms with Gasteiger partial charge in [0.2, 0.25) is 0 Å². The van der Waals surface area contributed by atoms with Crippen molar-refractivity contribution in [1.29, 1.82) is 0 Å². The van der Waals surface area contributed by atoms with Gasteiger partial charge in [0.25, 0.3) is 11.9 Å². The Hall–Kier alpha value is -2.93. The Kier molecular flexibility index (Phi) is 7.01. The fourth-order valence-electron chi connectivity index (χ4n) is 5.55. The average Bonchev–Trinajstić information content (AvgIpc) is 3.20. The standard InChI is InChI=1S/C25H28F5N3O5.H2/c1-35-11-24(12-36-2)9-33(10-24)23-32-20(19(38-23)8-25(28,29)30)22(34)31-15-6-17(26)21(18(27)7-15)37-16-4-13-3-14(13)5-16;/h6-7,13-14,16H,3-5,8-12H2,1-2H3,(H,31,34);1H. The fraction of sp³-hybridized carbons (Fsp3) is 0.600. The first-order valence-electron chi connectivity index (χ1n) is 12.3. The van der Waals surface area contributed by atoms with Crippen LogP contribution >= 0.6 is 0 Å². The third-order valence-corrected chi connectivity index (χ3v) is 7.23. The number of nitrogens with one attached hydrogen (secondary N) is 1. The lowest BCUT2D eigenvalue weighted by atomic mass is 9.81. The van der Waals surface area contributed by atoms with Crippen molar-refractivity contribution in [3.05, 3.63) is 35.2 Å². The van der Waals surface area contributed by atoms with Gasteiger partial charge in [-0.3, -0.25) is 4.79 Å². The van der Waals surface area contributed by atoms with Gasteiger partial charge in [0.05, 0.1) is 24.7 Å². The zero-order valence-corrected chi connectivity index (χ0v) is 20.9. The first-order valence-corrected chi connectivity index (χ1v) is 12.3. The van der Waals surface area contributed by atoms with Gasteiger partial charge in [-0.2, -0.15) is 18.2 Å². The molecule has 13 heteroatoms. The zero-order valence-electron chi connectivity index (χ0n) is 20.9. The van der Waals surface area contributed by atoms with Crippen LogP contribution in [0.3, 0.4) is 0 Å². The predicted molar refractivity (Wildman–Crippen MR) is 126 cm³/mol. The SMILES string of the molecule is COCC1(COC)CN(c2nc(C(=O)Nc3cc(F)c(OC4CC5CC5C4)c(F)c3)c(CC(F)(F)F)o2)C1.[HH]. The van der Waals surface area contributed by atoms with Gasteiger partial charge < -0.3 is 28.8 Å². The maximum atomic E-state index is 14.7. The van der Waals surface area contributed by atoms with Gasteiger partial charge in [0, 0.05) is 46.6 Å². The number of carbonyl (C=O) groups excluding carboxylic acids is 1. The number of ether oxygens (including phenoxy) is 3. The summed E-state index contributed by atoms with van der Waals surface area (Å²) < 4.78 is 90.2. The van der Waals surface area contributed by atoms with Gasteiger partial charge in [-0.25, -0.2) is 8.78 Å². The number of oxazole rings is 1. The second kappa shape index (κ2) is 9.99. The molecule has 1 amide bonds. The molecule has 2 unspecified atom stereocenters. The van der Waals surface area contributed by atoms with Crippen molar-refractivity contribution in [2.24, 2.45) is 17.3 Å². The summed E-state index contributed by atoms with van der Waals surface area (Å²) in [6.07, 6.45) is -3.89. The van der Waals surface area contributed by atoms with E-state index in [1.165, 1.54) is 14.2 Å². The number of methoxy groups -OCH3 is 2. The predicted octanol–water partition coefficient (Wildman–Crippen LogP) is 4.83. The maximum Gasteiger partial charge on any atom is 0.396 e. The summed E-state index contributed by atoms with van der Waals surface area (Å²) in [5.74, 6) is -3.28. The van der Waals surface area contributed by atoms with Crippen LogP contribution in [0.5, 0.6) is 5.75 Å². The first-order chi connectivity index (χ1) is 18.0. The van der Waals surface area contributed by atoms with Crippen molar-refractivity contribution < 1.29 is 46.8 Å². The number of aromatic nitrogens is 1. The number of carbonyl (C=O) groups is 1. The molecular weight excluding hydrogens is 517 g/mol. The molecule has 2 atom stereocenters. The van der Waals surface area contributed by atoms with E-state index in [1.54, 1.807) is 4.90 Å². The van der Waals surface area contributed by atoms with E-state index in [4.69, 9.17) is 18.6 Å². The topological polar surface area (TPSA) is 86.1 Å². The van der Waals surface area contributed by atoms with Crippen LogP contribution in [0.25, 0.3) is 0 Å². The van der Waals surface area contributed by atoms with E-state index in [2.05, 4.69) is 10.3 Å². The summed E-state index contributed by atoms with van der Waals surface area (Å²) in [6.45, 7) is 1.34. The molecule has 5 rings (SSSR count). The molecule has 1 aromatic heterocycles. The largest absolute Gasteiger partial charge is 0.484 e. The smallest absolute Gasteiger partial charge is 0.396 e. The molecular formula is C25H30F5N3O5. The fourth-order valence-corrected chi connectivity index (χ4v) is 5.55. The third-order valence-electron chi connectivity index (χ3n) is 7.23. The molecule has 2 aliphatic carbocycles. The van der Waals surface area contributed by atoms with Crippen LogP contribution in [0.15, 0.2) is 16.5 Å². The lowest BCUT2D eigenvalue weighted by Gasteiger charge is -2.48. The van der Waals surface area contributed by atoms with Crippen molar-refractivity contribution >= 4 is 17.6 Å². The summed E-state index contributed by atoms with van der Waals surface area (Å²) in [5, 5.41) is 2.22. The summed E-state index contributed by atoms with van der Waals surface area (Å²) in [6, 6.07) is 1.54. The molecule has 3 aliphatic rings. The summed E-state index contributed by atoms with van der Waals surface area (Å²) in [5.41, 5.74) is -1.32. The van der Waals surface area contributed by atoms with Gasteiger partial charge in [-0.15, -0.1) is 0 Å². The van der Waals surface area contributed by atoms with Gasteiger partial charge in [0.15, 0.2) is 23.1 Å². The lowest BCUT2D eigenvalue weighted by Crippen LogP contribution is -2.61. The molecule has 0 spiro atoms. The summed E-state index contributed by atoms with van der Waals surface area (Å²) in [4.78, 5) is 18.4. The average molecular weight is 548 g/mol. The third kappa shape index (κ3) is 5.58. The molecule has 2 aromatic rings. The number of benzene rings is 1. The normalized spacial score (nSPS) is 23.7. The van der Waals surface area contributed by atoms with Gasteiger partial charge >= 0.3 is 6.18 Å². The van der Waals surface area contributed by atoms with Crippen LogP contribution in [-0.2, 0) is 15.9 Å². The molecule has 1 N–H and O–H groups in total. The molecule has 2 heterocycles. The summed E-state index contributed by atoms with van der Waals surface area (Å²) in [7, 11) is 3.05. The van der Waals surface area contributed by atoms with E-state index in [-0.39, 0.29) is 19.2 Å². The monoisotopic (exact) mass is 547 g/mol. The molecule has 210 valence electrons. The Labute approximate surface area is 216 Å². The van der Waals surface area contributed by atoms with E-state index in [0.717, 1.165) is 31.4 Å². The second-order valence-electron chi connectivity index (χ2n) is 10.5. The van der Waals surface area contributed by atoms with Crippen LogP contribution in [0.4, 0.5) is 33.7 Å². The number of hydrogen-bond acceptors (Lipinski definition) is 7. The molecule has 2 saturated carbocycles.